The van der Waals surface area contributed by atoms with E-state index in [-0.39, 0.29) is 47.8 Å². The van der Waals surface area contributed by atoms with Crippen LogP contribution in [0.5, 0.6) is 5.75 Å². The van der Waals surface area contributed by atoms with E-state index in [2.05, 4.69) is 38.0 Å². The molecule has 2 rings (SSSR count). The molecule has 0 fully saturated rings. The third kappa shape index (κ3) is 12.7. The van der Waals surface area contributed by atoms with Crippen LogP contribution in [0.15, 0.2) is 23.6 Å². The van der Waals surface area contributed by atoms with Gasteiger partial charge in [0.1, 0.15) is 16.5 Å². The molecule has 0 radical (unpaired) electrons. The molecule has 1 aromatic carbocycles. The van der Waals surface area contributed by atoms with Gasteiger partial charge in [0.2, 0.25) is 5.91 Å². The molecule has 1 aromatic heterocycles. The highest BCUT2D eigenvalue weighted by atomic mass is 32.1. The number of anilines is 1. The fourth-order valence-electron chi connectivity index (χ4n) is 5.71. The number of nitrogens with one attached hydrogen (secondary N) is 1. The monoisotopic (exact) mass is 688 g/mol. The van der Waals surface area contributed by atoms with Gasteiger partial charge >= 0.3 is 11.9 Å². The number of hydrogen-bond acceptors (Lipinski definition) is 9. The molecule has 5 N–H and O–H groups in total. The minimum atomic E-state index is -1.15. The number of esters is 1. The van der Waals surface area contributed by atoms with Gasteiger partial charge in [-0.2, -0.15) is 0 Å². The first-order valence-corrected chi connectivity index (χ1v) is 18.0. The number of carboxylic acids is 1. The molecule has 0 spiro atoms. The normalized spacial score (nSPS) is 13.5. The number of aromatic hydroxyl groups is 1. The quantitative estimate of drug-likeness (QED) is 0.0472. The number of nitrogens with two attached hydrogens (primary N) is 1. The lowest BCUT2D eigenvalue weighted by atomic mass is 9.84. The van der Waals surface area contributed by atoms with Crippen molar-refractivity contribution in [2.75, 3.05) is 12.3 Å². The zero-order chi connectivity index (χ0) is 36.0. The van der Waals surface area contributed by atoms with Gasteiger partial charge in [-0.15, -0.1) is 11.3 Å². The predicted molar refractivity (Wildman–Crippen MR) is 189 cm³/mol. The molecule has 268 valence electrons. The number of phenolic OH excluding ortho intramolecular Hbond substituents is 1. The van der Waals surface area contributed by atoms with Crippen molar-refractivity contribution in [2.24, 2.45) is 11.3 Å². The summed E-state index contributed by atoms with van der Waals surface area (Å²) < 4.78 is 5.78. The van der Waals surface area contributed by atoms with Gasteiger partial charge in [-0.05, 0) is 63.1 Å². The van der Waals surface area contributed by atoms with E-state index in [0.717, 1.165) is 38.5 Å². The van der Waals surface area contributed by atoms with E-state index in [0.29, 0.717) is 30.0 Å². The number of benzene rings is 1. The maximum Gasteiger partial charge on any atom is 0.309 e. The highest BCUT2D eigenvalue weighted by Crippen LogP contribution is 2.32. The number of aromatic nitrogens is 1. The van der Waals surface area contributed by atoms with Gasteiger partial charge in [0, 0.05) is 43.8 Å². The fraction of sp³-hybridized carbons (Fsp3) is 0.639. The third-order valence-corrected chi connectivity index (χ3v) is 9.47. The van der Waals surface area contributed by atoms with Gasteiger partial charge in [0.05, 0.1) is 11.1 Å². The second-order valence-corrected chi connectivity index (χ2v) is 14.5. The number of hydrogen-bond donors (Lipinski definition) is 4. The van der Waals surface area contributed by atoms with Gasteiger partial charge in [-0.25, -0.2) is 4.98 Å². The Morgan fingerprint density at radius 3 is 2.35 bits per heavy atom. The molecular formula is C36H56N4O7S. The zero-order valence-corrected chi connectivity index (χ0v) is 30.5. The first-order chi connectivity index (χ1) is 22.6. The van der Waals surface area contributed by atoms with Crippen molar-refractivity contribution in [2.45, 2.75) is 131 Å². The molecule has 2 aromatic rings. The number of thiazole rings is 1. The van der Waals surface area contributed by atoms with Crippen molar-refractivity contribution >= 4 is 40.8 Å². The molecule has 0 aliphatic carbocycles. The van der Waals surface area contributed by atoms with E-state index in [1.54, 1.807) is 31.4 Å². The summed E-state index contributed by atoms with van der Waals surface area (Å²) in [7, 11) is 0. The Morgan fingerprint density at radius 1 is 1.08 bits per heavy atom. The number of amides is 2. The standard InChI is InChI=1S/C36H56N4O7S/c1-8-10-12-13-17-40(32(43)14-11-9-2)29(23(3)4)20-31(47-24(5)41)34-39-28(22-48-34)33(44)38-26(21-36(6,7)35(45)46)18-25-15-16-27(37)30(42)19-25/h15-16,19,22-23,26,29,31,42H,8-14,17-18,20-21,37H2,1-7H3,(H,38,44)(H,45,46). The lowest BCUT2D eigenvalue weighted by molar-refractivity contribution is -0.149. The number of aliphatic carboxylic acids is 1. The molecule has 0 aliphatic heterocycles. The molecule has 1 heterocycles. The molecular weight excluding hydrogens is 632 g/mol. The smallest absolute Gasteiger partial charge is 0.309 e. The Bertz CT molecular complexity index is 1360. The van der Waals surface area contributed by atoms with Crippen LogP contribution in [-0.2, 0) is 25.5 Å². The summed E-state index contributed by atoms with van der Waals surface area (Å²) in [4.78, 5) is 57.8. The first kappa shape index (κ1) is 40.5. The van der Waals surface area contributed by atoms with Crippen molar-refractivity contribution in [1.29, 1.82) is 0 Å². The van der Waals surface area contributed by atoms with E-state index < -0.39 is 35.4 Å². The van der Waals surface area contributed by atoms with Crippen molar-refractivity contribution in [1.82, 2.24) is 15.2 Å². The summed E-state index contributed by atoms with van der Waals surface area (Å²) in [5, 5.41) is 24.8. The summed E-state index contributed by atoms with van der Waals surface area (Å²) >= 11 is 1.20. The van der Waals surface area contributed by atoms with Gasteiger partial charge in [0.25, 0.3) is 5.91 Å². The largest absolute Gasteiger partial charge is 0.506 e. The average molecular weight is 689 g/mol. The number of rotatable bonds is 21. The molecule has 0 aliphatic rings. The van der Waals surface area contributed by atoms with Crippen molar-refractivity contribution in [3.63, 3.8) is 0 Å². The van der Waals surface area contributed by atoms with E-state index in [1.165, 1.54) is 24.3 Å². The van der Waals surface area contributed by atoms with E-state index in [9.17, 15) is 29.4 Å². The summed E-state index contributed by atoms with van der Waals surface area (Å²) in [5.74, 6) is -1.92. The number of carbonyl (C=O) groups excluding carboxylic acids is 3. The maximum absolute atomic E-state index is 13.5. The summed E-state index contributed by atoms with van der Waals surface area (Å²) in [6.45, 7) is 13.5. The van der Waals surface area contributed by atoms with Gasteiger partial charge in [0.15, 0.2) is 6.10 Å². The summed E-state index contributed by atoms with van der Waals surface area (Å²) in [5.41, 5.74) is 5.60. The number of ether oxygens (including phenoxy) is 1. The maximum atomic E-state index is 13.5. The number of carbonyl (C=O) groups is 4. The topological polar surface area (TPSA) is 172 Å². The minimum Gasteiger partial charge on any atom is -0.506 e. The van der Waals surface area contributed by atoms with Crippen LogP contribution in [0.4, 0.5) is 5.69 Å². The highest BCUT2D eigenvalue weighted by molar-refractivity contribution is 7.09. The molecule has 3 atom stereocenters. The highest BCUT2D eigenvalue weighted by Gasteiger charge is 2.34. The van der Waals surface area contributed by atoms with Crippen LogP contribution in [0, 0.1) is 11.3 Å². The Balaban J connectivity index is 2.36. The van der Waals surface area contributed by atoms with Crippen LogP contribution >= 0.6 is 11.3 Å². The molecule has 0 saturated carbocycles. The lowest BCUT2D eigenvalue weighted by Crippen LogP contribution is -2.45. The number of nitrogens with zero attached hydrogens (tertiary/aromatic N) is 2. The van der Waals surface area contributed by atoms with Crippen LogP contribution in [-0.4, -0.2) is 62.5 Å². The number of nitrogen functional groups attached to an aromatic ring is 1. The molecule has 12 heteroatoms. The summed E-state index contributed by atoms with van der Waals surface area (Å²) in [6, 6.07) is 3.96. The Kier molecular flexibility index (Phi) is 16.3. The van der Waals surface area contributed by atoms with Crippen LogP contribution in [0.2, 0.25) is 0 Å². The van der Waals surface area contributed by atoms with Crippen LogP contribution in [0.1, 0.15) is 133 Å². The Morgan fingerprint density at radius 2 is 1.77 bits per heavy atom. The van der Waals surface area contributed by atoms with Gasteiger partial charge < -0.3 is 30.9 Å². The van der Waals surface area contributed by atoms with E-state index in [1.807, 2.05) is 4.90 Å². The number of unbranched alkanes of at least 4 members (excludes halogenated alkanes) is 4. The fourth-order valence-corrected chi connectivity index (χ4v) is 6.55. The molecule has 3 unspecified atom stereocenters. The SMILES string of the molecule is CCCCCCN(C(=O)CCCC)C(CC(OC(C)=O)c1nc(C(=O)NC(Cc2ccc(N)c(O)c2)CC(C)(C)C(=O)O)cs1)C(C)C. The molecule has 11 nitrogen and oxygen atoms in total. The van der Waals surface area contributed by atoms with Gasteiger partial charge in [-0.3, -0.25) is 19.2 Å². The molecule has 0 bridgehead atoms. The Labute approximate surface area is 289 Å². The minimum absolute atomic E-state index is 0.0775. The second kappa shape index (κ2) is 19.4. The first-order valence-electron chi connectivity index (χ1n) is 17.1. The summed E-state index contributed by atoms with van der Waals surface area (Å²) in [6.07, 6.45) is 6.23. The molecule has 0 saturated heterocycles. The third-order valence-electron chi connectivity index (χ3n) is 8.53. The van der Waals surface area contributed by atoms with E-state index in [4.69, 9.17) is 10.5 Å². The van der Waals surface area contributed by atoms with Crippen LogP contribution in [0.3, 0.4) is 0 Å². The van der Waals surface area contributed by atoms with Crippen LogP contribution < -0.4 is 11.1 Å². The molecule has 48 heavy (non-hydrogen) atoms. The zero-order valence-electron chi connectivity index (χ0n) is 29.7. The second-order valence-electron chi connectivity index (χ2n) is 13.6. The lowest BCUT2D eigenvalue weighted by Gasteiger charge is -2.36. The van der Waals surface area contributed by atoms with Crippen molar-refractivity contribution in [3.05, 3.63) is 39.8 Å². The Hall–Kier alpha value is -3.67. The van der Waals surface area contributed by atoms with E-state index >= 15 is 0 Å². The predicted octanol–water partition coefficient (Wildman–Crippen LogP) is 6.89. The number of carboxylic acid groups (broad SMARTS) is 1. The van der Waals surface area contributed by atoms with Crippen molar-refractivity contribution in [3.8, 4) is 5.75 Å². The van der Waals surface area contributed by atoms with Gasteiger partial charge in [-0.1, -0.05) is 59.4 Å². The average Bonchev–Trinajstić information content (AvgIpc) is 3.50. The molecule has 2 amide bonds. The van der Waals surface area contributed by atoms with Crippen LogP contribution in [0.25, 0.3) is 0 Å². The van der Waals surface area contributed by atoms with Crippen molar-refractivity contribution < 1.29 is 34.1 Å². The number of phenols is 1.